The van der Waals surface area contributed by atoms with Gasteiger partial charge in [0.2, 0.25) is 5.82 Å². The lowest BCUT2D eigenvalue weighted by Gasteiger charge is -2.24. The fraction of sp³-hybridized carbons (Fsp3) is 0.273. The highest BCUT2D eigenvalue weighted by atomic mass is 32.1. The third-order valence-corrected chi connectivity index (χ3v) is 6.04. The highest BCUT2D eigenvalue weighted by molar-refractivity contribution is 7.13. The SMILES string of the molecule is CCCCn1c(N)c(N(Cc2ccccc2)C(=O)Cn2nnc(-c3cccs3)n2)c(=O)[nH]c1=O. The number of tetrazole rings is 1. The van der Waals surface area contributed by atoms with Crippen molar-refractivity contribution in [2.45, 2.75) is 39.4 Å². The van der Waals surface area contributed by atoms with Crippen LogP contribution in [0, 0.1) is 0 Å². The summed E-state index contributed by atoms with van der Waals surface area (Å²) in [5.74, 6) is -0.128. The van der Waals surface area contributed by atoms with Gasteiger partial charge in [0.05, 0.1) is 11.4 Å². The summed E-state index contributed by atoms with van der Waals surface area (Å²) < 4.78 is 1.29. The molecule has 1 aromatic carbocycles. The first-order chi connectivity index (χ1) is 16.5. The number of nitrogen functional groups attached to an aromatic ring is 1. The van der Waals surface area contributed by atoms with E-state index >= 15 is 0 Å². The molecule has 3 heterocycles. The predicted octanol–water partition coefficient (Wildman–Crippen LogP) is 1.87. The van der Waals surface area contributed by atoms with Crippen LogP contribution in [0.4, 0.5) is 11.5 Å². The maximum Gasteiger partial charge on any atom is 0.330 e. The number of carbonyl (C=O) groups is 1. The number of nitrogens with one attached hydrogen (secondary N) is 1. The van der Waals surface area contributed by atoms with Gasteiger partial charge in [-0.3, -0.25) is 24.0 Å². The van der Waals surface area contributed by atoms with Gasteiger partial charge in [-0.2, -0.15) is 4.80 Å². The van der Waals surface area contributed by atoms with Crippen LogP contribution in [0.5, 0.6) is 0 Å². The van der Waals surface area contributed by atoms with E-state index in [2.05, 4.69) is 20.4 Å². The minimum atomic E-state index is -0.731. The summed E-state index contributed by atoms with van der Waals surface area (Å²) in [5, 5.41) is 14.2. The Balaban J connectivity index is 1.71. The molecule has 0 atom stereocenters. The molecule has 3 N–H and O–H groups in total. The minimum Gasteiger partial charge on any atom is -0.383 e. The summed E-state index contributed by atoms with van der Waals surface area (Å²) in [5.41, 5.74) is 5.65. The van der Waals surface area contributed by atoms with Crippen LogP contribution in [-0.4, -0.2) is 35.7 Å². The van der Waals surface area contributed by atoms with E-state index in [0.29, 0.717) is 18.8 Å². The van der Waals surface area contributed by atoms with Gasteiger partial charge >= 0.3 is 5.69 Å². The zero-order valence-corrected chi connectivity index (χ0v) is 19.4. The maximum atomic E-state index is 13.4. The minimum absolute atomic E-state index is 0.0581. The first kappa shape index (κ1) is 23.1. The average Bonchev–Trinajstić information content (AvgIpc) is 3.51. The summed E-state index contributed by atoms with van der Waals surface area (Å²) in [6.45, 7) is 2.12. The summed E-state index contributed by atoms with van der Waals surface area (Å²) in [7, 11) is 0. The van der Waals surface area contributed by atoms with Crippen molar-refractivity contribution in [2.75, 3.05) is 10.6 Å². The summed E-state index contributed by atoms with van der Waals surface area (Å²) in [6, 6.07) is 12.9. The molecule has 0 unspecified atom stereocenters. The zero-order chi connectivity index (χ0) is 24.1. The van der Waals surface area contributed by atoms with Gasteiger partial charge in [0.15, 0.2) is 5.69 Å². The van der Waals surface area contributed by atoms with E-state index < -0.39 is 17.2 Å². The molecule has 0 fully saturated rings. The first-order valence-electron chi connectivity index (χ1n) is 10.8. The number of rotatable bonds is 9. The fourth-order valence-corrected chi connectivity index (χ4v) is 4.10. The van der Waals surface area contributed by atoms with Crippen molar-refractivity contribution in [3.05, 3.63) is 74.2 Å². The number of hydrogen-bond donors (Lipinski definition) is 2. The van der Waals surface area contributed by atoms with Gasteiger partial charge in [0, 0.05) is 6.54 Å². The van der Waals surface area contributed by atoms with Crippen molar-refractivity contribution in [1.82, 2.24) is 29.8 Å². The Hall–Kier alpha value is -4.06. The molecule has 0 saturated carbocycles. The fourth-order valence-electron chi connectivity index (χ4n) is 3.46. The van der Waals surface area contributed by atoms with Gasteiger partial charge in [-0.1, -0.05) is 49.7 Å². The molecule has 0 aliphatic heterocycles. The monoisotopic (exact) mass is 480 g/mol. The molecule has 12 heteroatoms. The number of unbranched alkanes of at least 4 members (excludes halogenated alkanes) is 1. The standard InChI is InChI=1S/C22H24N8O3S/c1-2-3-11-28-19(23)18(21(32)24-22(28)33)29(13-15-8-5-4-6-9-15)17(31)14-30-26-20(25-27-30)16-10-7-12-34-16/h4-10,12H,2-3,11,13-14,23H2,1H3,(H,24,32,33). The number of H-pyrrole nitrogens is 1. The Morgan fingerprint density at radius 2 is 1.97 bits per heavy atom. The summed E-state index contributed by atoms with van der Waals surface area (Å²) in [6.07, 6.45) is 1.52. The van der Waals surface area contributed by atoms with Crippen molar-refractivity contribution in [1.29, 1.82) is 0 Å². The lowest BCUT2D eigenvalue weighted by Crippen LogP contribution is -2.42. The lowest BCUT2D eigenvalue weighted by molar-refractivity contribution is -0.119. The van der Waals surface area contributed by atoms with Crippen molar-refractivity contribution in [3.63, 3.8) is 0 Å². The number of benzene rings is 1. The molecule has 0 aliphatic carbocycles. The molecule has 0 bridgehead atoms. The highest BCUT2D eigenvalue weighted by Gasteiger charge is 2.25. The number of amides is 1. The molecular weight excluding hydrogens is 456 g/mol. The van der Waals surface area contributed by atoms with Crippen LogP contribution < -0.4 is 21.9 Å². The van der Waals surface area contributed by atoms with Crippen molar-refractivity contribution in [2.24, 2.45) is 0 Å². The van der Waals surface area contributed by atoms with Crippen LogP contribution >= 0.6 is 11.3 Å². The molecule has 34 heavy (non-hydrogen) atoms. The molecule has 1 amide bonds. The third-order valence-electron chi connectivity index (χ3n) is 5.17. The molecule has 176 valence electrons. The highest BCUT2D eigenvalue weighted by Crippen LogP contribution is 2.22. The van der Waals surface area contributed by atoms with Crippen LogP contribution in [0.1, 0.15) is 25.3 Å². The van der Waals surface area contributed by atoms with Gasteiger partial charge in [-0.15, -0.1) is 21.5 Å². The van der Waals surface area contributed by atoms with Gasteiger partial charge in [0.1, 0.15) is 12.4 Å². The number of nitrogens with zero attached hydrogens (tertiary/aromatic N) is 6. The Kier molecular flexibility index (Phi) is 6.97. The number of nitrogens with two attached hydrogens (primary N) is 1. The molecule has 0 radical (unpaired) electrons. The molecule has 3 aromatic heterocycles. The number of carbonyl (C=O) groups excluding carboxylic acids is 1. The lowest BCUT2D eigenvalue weighted by atomic mass is 10.2. The zero-order valence-electron chi connectivity index (χ0n) is 18.5. The van der Waals surface area contributed by atoms with E-state index in [0.717, 1.165) is 16.9 Å². The van der Waals surface area contributed by atoms with Gasteiger partial charge in [-0.25, -0.2) is 4.79 Å². The second kappa shape index (κ2) is 10.3. The molecule has 0 aliphatic rings. The van der Waals surface area contributed by atoms with Crippen molar-refractivity contribution in [3.8, 4) is 10.7 Å². The molecule has 11 nitrogen and oxygen atoms in total. The number of thiophene rings is 1. The number of hydrogen-bond acceptors (Lipinski definition) is 8. The van der Waals surface area contributed by atoms with Crippen LogP contribution in [0.25, 0.3) is 10.7 Å². The predicted molar refractivity (Wildman–Crippen MR) is 129 cm³/mol. The van der Waals surface area contributed by atoms with Crippen molar-refractivity contribution < 1.29 is 4.79 Å². The number of aromatic amines is 1. The van der Waals surface area contributed by atoms with Crippen LogP contribution in [0.15, 0.2) is 57.4 Å². The van der Waals surface area contributed by atoms with E-state index in [1.54, 1.807) is 0 Å². The Bertz CT molecular complexity index is 1380. The topological polar surface area (TPSA) is 145 Å². The van der Waals surface area contributed by atoms with Crippen LogP contribution in [0.2, 0.25) is 0 Å². The van der Waals surface area contributed by atoms with E-state index in [1.807, 2.05) is 54.8 Å². The summed E-state index contributed by atoms with van der Waals surface area (Å²) in [4.78, 5) is 44.2. The third kappa shape index (κ3) is 4.96. The Morgan fingerprint density at radius 3 is 2.68 bits per heavy atom. The number of aromatic nitrogens is 6. The molecule has 0 saturated heterocycles. The second-order valence-electron chi connectivity index (χ2n) is 7.58. The van der Waals surface area contributed by atoms with Gasteiger partial charge < -0.3 is 5.73 Å². The largest absolute Gasteiger partial charge is 0.383 e. The molecule has 0 spiro atoms. The van der Waals surface area contributed by atoms with E-state index in [4.69, 9.17) is 5.73 Å². The van der Waals surface area contributed by atoms with E-state index in [-0.39, 0.29) is 24.6 Å². The molecule has 4 rings (SSSR count). The average molecular weight is 481 g/mol. The van der Waals surface area contributed by atoms with Crippen LogP contribution in [-0.2, 0) is 24.4 Å². The smallest absolute Gasteiger partial charge is 0.330 e. The quantitative estimate of drug-likeness (QED) is 0.372. The Morgan fingerprint density at radius 1 is 1.18 bits per heavy atom. The van der Waals surface area contributed by atoms with E-state index in [9.17, 15) is 14.4 Å². The maximum absolute atomic E-state index is 13.4. The number of anilines is 2. The van der Waals surface area contributed by atoms with Gasteiger partial charge in [-0.05, 0) is 28.6 Å². The second-order valence-corrected chi connectivity index (χ2v) is 8.53. The first-order valence-corrected chi connectivity index (χ1v) is 11.6. The molecule has 4 aromatic rings. The van der Waals surface area contributed by atoms with Gasteiger partial charge in [0.25, 0.3) is 11.5 Å². The summed E-state index contributed by atoms with van der Waals surface area (Å²) >= 11 is 1.46. The van der Waals surface area contributed by atoms with Crippen molar-refractivity contribution >= 4 is 28.7 Å². The molecular formula is C22H24N8O3S. The van der Waals surface area contributed by atoms with E-state index in [1.165, 1.54) is 25.6 Å². The Labute approximate surface area is 198 Å². The normalized spacial score (nSPS) is 11.0. The van der Waals surface area contributed by atoms with Crippen LogP contribution in [0.3, 0.4) is 0 Å².